The van der Waals surface area contributed by atoms with E-state index in [0.29, 0.717) is 19.3 Å². The molecule has 0 aromatic carbocycles. The lowest BCUT2D eigenvalue weighted by molar-refractivity contribution is -0.161. The molecule has 0 saturated carbocycles. The maximum Gasteiger partial charge on any atom is 0.472 e. The van der Waals surface area contributed by atoms with Crippen molar-refractivity contribution < 1.29 is 47.5 Å². The summed E-state index contributed by atoms with van der Waals surface area (Å²) in [4.78, 5) is 45.4. The molecule has 12 heteroatoms. The summed E-state index contributed by atoms with van der Waals surface area (Å²) >= 11 is 0. The van der Waals surface area contributed by atoms with Crippen LogP contribution in [0, 0.1) is 0 Å². The van der Waals surface area contributed by atoms with Crippen LogP contribution in [0.15, 0.2) is 60.8 Å². The van der Waals surface area contributed by atoms with Crippen LogP contribution in [0.3, 0.4) is 0 Å². The molecule has 0 bridgehead atoms. The van der Waals surface area contributed by atoms with Crippen LogP contribution in [0.1, 0.15) is 117 Å². The molecule has 0 radical (unpaired) electrons. The number of esters is 2. The van der Waals surface area contributed by atoms with Crippen LogP contribution in [-0.2, 0) is 37.5 Å². The summed E-state index contributed by atoms with van der Waals surface area (Å²) in [5, 5.41) is 8.82. The molecule has 0 rings (SSSR count). The Hall–Kier alpha value is -2.82. The zero-order chi connectivity index (χ0) is 35.7. The molecule has 48 heavy (non-hydrogen) atoms. The predicted molar refractivity (Wildman–Crippen MR) is 189 cm³/mol. The van der Waals surface area contributed by atoms with Gasteiger partial charge in [0.2, 0.25) is 0 Å². The van der Waals surface area contributed by atoms with Gasteiger partial charge in [0, 0.05) is 12.8 Å². The number of allylic oxidation sites excluding steroid dienone is 10. The minimum atomic E-state index is -4.71. The van der Waals surface area contributed by atoms with E-state index in [2.05, 4.69) is 67.0 Å². The standard InChI is InChI=1S/C36H60NO10P/c1-3-5-7-9-11-12-13-14-15-16-17-18-19-20-22-23-25-27-34(38)44-29-32(30-45-48(42,43)46-31-33(37)36(40)41)47-35(39)28-26-24-21-10-8-6-4-2/h5,7,11-12,14-15,17-18,20,22,32-33H,3-4,6,8-10,13,16,19,21,23-31,37H2,1-2H3,(H,40,41)(H,42,43)/b7-5+,12-11+,15-14+,18-17+,22-20+/t32-,33+/m0/s1. The third-order valence-electron chi connectivity index (χ3n) is 6.78. The van der Waals surface area contributed by atoms with E-state index in [9.17, 15) is 23.8 Å². The Morgan fingerprint density at radius 2 is 1.17 bits per heavy atom. The van der Waals surface area contributed by atoms with Crippen LogP contribution >= 0.6 is 7.82 Å². The van der Waals surface area contributed by atoms with E-state index in [0.717, 1.165) is 64.2 Å². The number of ether oxygens (including phenoxy) is 2. The third-order valence-corrected chi connectivity index (χ3v) is 7.73. The molecular formula is C36H60NO10P. The fourth-order valence-corrected chi connectivity index (χ4v) is 4.82. The number of rotatable bonds is 31. The minimum Gasteiger partial charge on any atom is -0.480 e. The molecule has 0 fully saturated rings. The molecule has 0 spiro atoms. The lowest BCUT2D eigenvalue weighted by Gasteiger charge is -2.20. The van der Waals surface area contributed by atoms with E-state index in [-0.39, 0.29) is 19.4 Å². The first-order chi connectivity index (χ1) is 23.1. The number of phosphoric ester groups is 1. The zero-order valence-electron chi connectivity index (χ0n) is 29.0. The number of hydrogen-bond donors (Lipinski definition) is 3. The summed E-state index contributed by atoms with van der Waals surface area (Å²) in [5.41, 5.74) is 5.29. The Balaban J connectivity index is 4.52. The first kappa shape index (κ1) is 45.2. The van der Waals surface area contributed by atoms with Crippen molar-refractivity contribution in [2.45, 2.75) is 129 Å². The monoisotopic (exact) mass is 697 g/mol. The van der Waals surface area contributed by atoms with Crippen molar-refractivity contribution in [2.24, 2.45) is 5.73 Å². The van der Waals surface area contributed by atoms with Crippen LogP contribution in [0.5, 0.6) is 0 Å². The van der Waals surface area contributed by atoms with Crippen molar-refractivity contribution in [3.8, 4) is 0 Å². The number of phosphoric acid groups is 1. The van der Waals surface area contributed by atoms with Crippen molar-refractivity contribution in [3.63, 3.8) is 0 Å². The number of hydrogen-bond acceptors (Lipinski definition) is 9. The molecule has 1 unspecified atom stereocenters. The SMILES string of the molecule is CC/C=C/C/C=C/C/C=C/C/C=C/C/C=C/CCCC(=O)OC[C@@H](COP(=O)(O)OC[C@@H](N)C(=O)O)OC(=O)CCCCCCCCC. The second kappa shape index (κ2) is 31.4. The van der Waals surface area contributed by atoms with Crippen molar-refractivity contribution in [2.75, 3.05) is 19.8 Å². The topological polar surface area (TPSA) is 172 Å². The molecule has 0 aromatic heterocycles. The maximum atomic E-state index is 12.4. The maximum absolute atomic E-state index is 12.4. The molecule has 0 heterocycles. The number of carbonyl (C=O) groups is 3. The molecule has 0 aliphatic rings. The molecule has 0 aromatic rings. The zero-order valence-corrected chi connectivity index (χ0v) is 29.9. The molecule has 11 nitrogen and oxygen atoms in total. The quantitative estimate of drug-likeness (QED) is 0.0277. The average Bonchev–Trinajstić information content (AvgIpc) is 3.05. The first-order valence-electron chi connectivity index (χ1n) is 17.3. The van der Waals surface area contributed by atoms with Crippen molar-refractivity contribution in [1.82, 2.24) is 0 Å². The smallest absolute Gasteiger partial charge is 0.472 e. The van der Waals surface area contributed by atoms with E-state index in [1.54, 1.807) is 0 Å². The van der Waals surface area contributed by atoms with E-state index < -0.39 is 51.1 Å². The Morgan fingerprint density at radius 1 is 0.667 bits per heavy atom. The number of nitrogens with two attached hydrogens (primary N) is 1. The number of carboxylic acids is 1. The van der Waals surface area contributed by atoms with E-state index in [4.69, 9.17) is 24.8 Å². The van der Waals surface area contributed by atoms with Crippen molar-refractivity contribution in [1.29, 1.82) is 0 Å². The van der Waals surface area contributed by atoms with Gasteiger partial charge in [-0.2, -0.15) is 0 Å². The Labute approximate surface area is 287 Å². The highest BCUT2D eigenvalue weighted by molar-refractivity contribution is 7.47. The number of aliphatic carboxylic acids is 1. The molecule has 4 N–H and O–H groups in total. The fourth-order valence-electron chi connectivity index (χ4n) is 4.04. The second-order valence-corrected chi connectivity index (χ2v) is 12.7. The van der Waals surface area contributed by atoms with Crippen molar-refractivity contribution >= 4 is 25.7 Å². The lowest BCUT2D eigenvalue weighted by Crippen LogP contribution is -2.34. The molecule has 0 aliphatic carbocycles. The van der Waals surface area contributed by atoms with Gasteiger partial charge in [0.15, 0.2) is 6.10 Å². The third kappa shape index (κ3) is 30.5. The fraction of sp³-hybridized carbons (Fsp3) is 0.639. The van der Waals surface area contributed by atoms with Gasteiger partial charge in [-0.15, -0.1) is 0 Å². The Kier molecular flexibility index (Phi) is 29.6. The normalized spacial score (nSPS) is 14.8. The minimum absolute atomic E-state index is 0.141. The summed E-state index contributed by atoms with van der Waals surface area (Å²) in [6.07, 6.45) is 33.3. The van der Waals surface area contributed by atoms with Gasteiger partial charge in [0.25, 0.3) is 0 Å². The van der Waals surface area contributed by atoms with Gasteiger partial charge in [-0.05, 0) is 51.4 Å². The highest BCUT2D eigenvalue weighted by Gasteiger charge is 2.28. The van der Waals surface area contributed by atoms with Gasteiger partial charge < -0.3 is 25.2 Å². The van der Waals surface area contributed by atoms with E-state index in [1.165, 1.54) is 6.42 Å². The molecule has 0 aliphatic heterocycles. The van der Waals surface area contributed by atoms with Crippen molar-refractivity contribution in [3.05, 3.63) is 60.8 Å². The molecule has 3 atom stereocenters. The van der Waals surface area contributed by atoms with Crippen LogP contribution < -0.4 is 5.73 Å². The molecule has 274 valence electrons. The summed E-state index contributed by atoms with van der Waals surface area (Å²) in [5.74, 6) is -2.47. The van der Waals surface area contributed by atoms with Crippen LogP contribution in [0.2, 0.25) is 0 Å². The Morgan fingerprint density at radius 3 is 1.73 bits per heavy atom. The summed E-state index contributed by atoms with van der Waals surface area (Å²) < 4.78 is 32.3. The van der Waals surface area contributed by atoms with Gasteiger partial charge in [-0.25, -0.2) is 4.57 Å². The van der Waals surface area contributed by atoms with Crippen LogP contribution in [0.25, 0.3) is 0 Å². The number of carboxylic acid groups (broad SMARTS) is 1. The summed E-state index contributed by atoms with van der Waals surface area (Å²) in [6, 6.07) is -1.53. The predicted octanol–water partition coefficient (Wildman–Crippen LogP) is 8.05. The average molecular weight is 698 g/mol. The summed E-state index contributed by atoms with van der Waals surface area (Å²) in [6.45, 7) is 2.52. The number of unbranched alkanes of at least 4 members (excludes halogenated alkanes) is 7. The van der Waals surface area contributed by atoms with Gasteiger partial charge in [-0.1, -0.05) is 113 Å². The van der Waals surface area contributed by atoms with Gasteiger partial charge in [0.1, 0.15) is 12.6 Å². The lowest BCUT2D eigenvalue weighted by atomic mass is 10.1. The second-order valence-electron chi connectivity index (χ2n) is 11.3. The van der Waals surface area contributed by atoms with Gasteiger partial charge in [-0.3, -0.25) is 23.4 Å². The highest BCUT2D eigenvalue weighted by atomic mass is 31.2. The highest BCUT2D eigenvalue weighted by Crippen LogP contribution is 2.43. The van der Waals surface area contributed by atoms with Crippen LogP contribution in [0.4, 0.5) is 0 Å². The first-order valence-corrected chi connectivity index (χ1v) is 18.8. The largest absolute Gasteiger partial charge is 0.480 e. The molecular weight excluding hydrogens is 637 g/mol. The number of carbonyl (C=O) groups excluding carboxylic acids is 2. The van der Waals surface area contributed by atoms with E-state index >= 15 is 0 Å². The molecule has 0 saturated heterocycles. The Bertz CT molecular complexity index is 1050. The van der Waals surface area contributed by atoms with Gasteiger partial charge >= 0.3 is 25.7 Å². The molecule has 0 amide bonds. The van der Waals surface area contributed by atoms with Crippen LogP contribution in [-0.4, -0.2) is 59.9 Å². The summed E-state index contributed by atoms with van der Waals surface area (Å²) in [7, 11) is -4.71. The van der Waals surface area contributed by atoms with E-state index in [1.807, 2.05) is 12.2 Å². The van der Waals surface area contributed by atoms with Gasteiger partial charge in [0.05, 0.1) is 13.2 Å².